The highest BCUT2D eigenvalue weighted by atomic mass is 16.3. The van der Waals surface area contributed by atoms with Crippen LogP contribution in [0.25, 0.3) is 94.9 Å². The van der Waals surface area contributed by atoms with E-state index < -0.39 is 0 Å². The summed E-state index contributed by atoms with van der Waals surface area (Å²) in [6, 6.07) is 43.3. The molecule has 6 heteroatoms. The Morgan fingerprint density at radius 3 is 2.10 bits per heavy atom. The molecule has 0 fully saturated rings. The first-order chi connectivity index (χ1) is 25.2. The van der Waals surface area contributed by atoms with E-state index in [1.807, 2.05) is 85.1 Å². The Morgan fingerprint density at radius 1 is 0.608 bits per heavy atom. The van der Waals surface area contributed by atoms with Gasteiger partial charge in [0.15, 0.2) is 17.5 Å². The molecule has 0 bridgehead atoms. The van der Waals surface area contributed by atoms with Crippen molar-refractivity contribution in [2.24, 2.45) is 5.92 Å². The molecule has 4 heterocycles. The molecule has 1 atom stereocenters. The fourth-order valence-corrected chi connectivity index (χ4v) is 7.37. The van der Waals surface area contributed by atoms with Gasteiger partial charge in [-0.05, 0) is 54.8 Å². The molecule has 0 saturated heterocycles. The SMILES string of the molecule is CC1C=C(n2c3ccccc3c3cc(-c4ccc5oc6cccc(-c7nc(-c8ccccc8)nc(-c8ccccc8)n7)c6c5c4)ncc32)C=CC1. The first-order valence-corrected chi connectivity index (χ1v) is 17.3. The van der Waals surface area contributed by atoms with Crippen LogP contribution in [0.4, 0.5) is 0 Å². The summed E-state index contributed by atoms with van der Waals surface area (Å²) in [5.41, 5.74) is 9.69. The molecule has 5 aromatic carbocycles. The second-order valence-electron chi connectivity index (χ2n) is 13.2. The molecule has 6 nitrogen and oxygen atoms in total. The van der Waals surface area contributed by atoms with Gasteiger partial charge < -0.3 is 8.98 Å². The van der Waals surface area contributed by atoms with Gasteiger partial charge in [-0.1, -0.05) is 110 Å². The van der Waals surface area contributed by atoms with Crippen molar-refractivity contribution in [1.82, 2.24) is 24.5 Å². The molecule has 4 aromatic heterocycles. The number of allylic oxidation sites excluding steroid dienone is 4. The average Bonchev–Trinajstić information content (AvgIpc) is 3.73. The third kappa shape index (κ3) is 4.95. The minimum absolute atomic E-state index is 0.488. The van der Waals surface area contributed by atoms with E-state index in [-0.39, 0.29) is 0 Å². The van der Waals surface area contributed by atoms with Crippen molar-refractivity contribution in [2.75, 3.05) is 0 Å². The zero-order chi connectivity index (χ0) is 33.9. The number of hydrogen-bond donors (Lipinski definition) is 0. The highest BCUT2D eigenvalue weighted by Crippen LogP contribution is 2.40. The van der Waals surface area contributed by atoms with Crippen LogP contribution in [0.15, 0.2) is 156 Å². The zero-order valence-electron chi connectivity index (χ0n) is 27.9. The van der Waals surface area contributed by atoms with Crippen LogP contribution in [0, 0.1) is 5.92 Å². The summed E-state index contributed by atoms with van der Waals surface area (Å²) in [5, 5.41) is 4.32. The predicted molar refractivity (Wildman–Crippen MR) is 207 cm³/mol. The maximum absolute atomic E-state index is 6.43. The average molecular weight is 658 g/mol. The quantitative estimate of drug-likeness (QED) is 0.184. The van der Waals surface area contributed by atoms with Crippen molar-refractivity contribution in [1.29, 1.82) is 0 Å². The van der Waals surface area contributed by atoms with Gasteiger partial charge in [0.2, 0.25) is 0 Å². The molecule has 0 N–H and O–H groups in total. The molecular formula is C45H31N5O. The molecule has 0 aliphatic heterocycles. The van der Waals surface area contributed by atoms with Gasteiger partial charge in [-0.3, -0.25) is 4.98 Å². The molecule has 1 aliphatic rings. The standard InChI is InChI=1S/C45H31N5O/c1-28-12-10-17-32(24-28)50-38-20-9-8-18-33(38)35-26-37(46-27-39(35)50)31-22-23-40-36(25-31)42-34(19-11-21-41(42)51-40)45-48-43(29-13-4-2-5-14-29)47-44(49-45)30-15-6-3-7-16-30/h2-11,13-28H,12H2,1H3. The second kappa shape index (κ2) is 11.7. The monoisotopic (exact) mass is 657 g/mol. The van der Waals surface area contributed by atoms with E-state index in [9.17, 15) is 0 Å². The van der Waals surface area contributed by atoms with E-state index in [2.05, 4.69) is 78.2 Å². The van der Waals surface area contributed by atoms with Crippen LogP contribution >= 0.6 is 0 Å². The van der Waals surface area contributed by atoms with Crippen LogP contribution in [0.2, 0.25) is 0 Å². The number of nitrogens with zero attached hydrogens (tertiary/aromatic N) is 5. The lowest BCUT2D eigenvalue weighted by atomic mass is 10.0. The van der Waals surface area contributed by atoms with Crippen molar-refractivity contribution < 1.29 is 4.42 Å². The van der Waals surface area contributed by atoms with Crippen molar-refractivity contribution in [3.8, 4) is 45.4 Å². The number of fused-ring (bicyclic) bond motifs is 6. The smallest absolute Gasteiger partial charge is 0.164 e. The summed E-state index contributed by atoms with van der Waals surface area (Å²) in [6.45, 7) is 2.26. The van der Waals surface area contributed by atoms with Crippen LogP contribution in [-0.2, 0) is 0 Å². The van der Waals surface area contributed by atoms with E-state index in [4.69, 9.17) is 24.4 Å². The minimum atomic E-state index is 0.488. The minimum Gasteiger partial charge on any atom is -0.456 e. The molecule has 51 heavy (non-hydrogen) atoms. The maximum Gasteiger partial charge on any atom is 0.164 e. The Bertz CT molecular complexity index is 2790. The molecule has 0 radical (unpaired) electrons. The van der Waals surface area contributed by atoms with Gasteiger partial charge in [0.1, 0.15) is 11.2 Å². The lowest BCUT2D eigenvalue weighted by Crippen LogP contribution is -2.01. The molecular weight excluding hydrogens is 627 g/mol. The zero-order valence-corrected chi connectivity index (χ0v) is 27.9. The second-order valence-corrected chi connectivity index (χ2v) is 13.2. The van der Waals surface area contributed by atoms with Gasteiger partial charge in [0.25, 0.3) is 0 Å². The van der Waals surface area contributed by atoms with Crippen LogP contribution in [0.3, 0.4) is 0 Å². The molecule has 1 unspecified atom stereocenters. The fraction of sp³-hybridized carbons (Fsp3) is 0.0667. The van der Waals surface area contributed by atoms with E-state index >= 15 is 0 Å². The van der Waals surface area contributed by atoms with Gasteiger partial charge in [0, 0.05) is 49.5 Å². The highest BCUT2D eigenvalue weighted by Gasteiger charge is 2.20. The number of pyridine rings is 1. The van der Waals surface area contributed by atoms with E-state index in [0.717, 1.165) is 61.8 Å². The largest absolute Gasteiger partial charge is 0.456 e. The Hall–Kier alpha value is -6.66. The number of aromatic nitrogens is 5. The van der Waals surface area contributed by atoms with Crippen LogP contribution in [0.5, 0.6) is 0 Å². The van der Waals surface area contributed by atoms with Gasteiger partial charge in [-0.25, -0.2) is 15.0 Å². The van der Waals surface area contributed by atoms with Crippen LogP contribution < -0.4 is 0 Å². The van der Waals surface area contributed by atoms with E-state index in [0.29, 0.717) is 23.4 Å². The Labute approximate surface area is 294 Å². The third-order valence-corrected chi connectivity index (χ3v) is 9.80. The van der Waals surface area contributed by atoms with Crippen molar-refractivity contribution >= 4 is 49.4 Å². The topological polar surface area (TPSA) is 69.6 Å². The lowest BCUT2D eigenvalue weighted by Gasteiger charge is -2.15. The van der Waals surface area contributed by atoms with Crippen LogP contribution in [0.1, 0.15) is 13.3 Å². The summed E-state index contributed by atoms with van der Waals surface area (Å²) in [4.78, 5) is 20.0. The number of hydrogen-bond acceptors (Lipinski definition) is 5. The number of rotatable bonds is 5. The van der Waals surface area contributed by atoms with E-state index in [1.165, 1.54) is 22.0 Å². The lowest BCUT2D eigenvalue weighted by molar-refractivity contribution is 0.669. The Balaban J connectivity index is 1.15. The molecule has 1 aliphatic carbocycles. The molecule has 0 amide bonds. The highest BCUT2D eigenvalue weighted by molar-refractivity contribution is 6.14. The van der Waals surface area contributed by atoms with Gasteiger partial charge in [0.05, 0.1) is 22.9 Å². The fourth-order valence-electron chi connectivity index (χ4n) is 7.37. The molecule has 9 aromatic rings. The number of para-hydroxylation sites is 1. The van der Waals surface area contributed by atoms with E-state index in [1.54, 1.807) is 0 Å². The van der Waals surface area contributed by atoms with Gasteiger partial charge in [-0.2, -0.15) is 0 Å². The Morgan fingerprint density at radius 2 is 1.33 bits per heavy atom. The summed E-state index contributed by atoms with van der Waals surface area (Å²) < 4.78 is 8.78. The predicted octanol–water partition coefficient (Wildman–Crippen LogP) is 11.4. The molecule has 0 spiro atoms. The molecule has 242 valence electrons. The number of furan rings is 1. The van der Waals surface area contributed by atoms with Crippen molar-refractivity contribution in [3.05, 3.63) is 152 Å². The normalized spacial score (nSPS) is 14.5. The molecule has 10 rings (SSSR count). The van der Waals surface area contributed by atoms with Crippen LogP contribution in [-0.4, -0.2) is 24.5 Å². The van der Waals surface area contributed by atoms with Crippen molar-refractivity contribution in [2.45, 2.75) is 13.3 Å². The summed E-state index contributed by atoms with van der Waals surface area (Å²) in [5.74, 6) is 2.32. The summed E-state index contributed by atoms with van der Waals surface area (Å²) in [7, 11) is 0. The third-order valence-electron chi connectivity index (χ3n) is 9.80. The Kier molecular flexibility index (Phi) is 6.74. The molecule has 0 saturated carbocycles. The van der Waals surface area contributed by atoms with Gasteiger partial charge in [-0.15, -0.1) is 0 Å². The maximum atomic E-state index is 6.43. The number of benzene rings is 5. The summed E-state index contributed by atoms with van der Waals surface area (Å²) in [6.07, 6.45) is 9.93. The first kappa shape index (κ1) is 29.3. The first-order valence-electron chi connectivity index (χ1n) is 17.3. The van der Waals surface area contributed by atoms with Crippen molar-refractivity contribution in [3.63, 3.8) is 0 Å². The van der Waals surface area contributed by atoms with Gasteiger partial charge >= 0.3 is 0 Å². The summed E-state index contributed by atoms with van der Waals surface area (Å²) >= 11 is 0.